The summed E-state index contributed by atoms with van der Waals surface area (Å²) >= 11 is 9.02. The maximum absolute atomic E-state index is 12.5. The summed E-state index contributed by atoms with van der Waals surface area (Å²) in [6.45, 7) is 0. The Morgan fingerprint density at radius 3 is 2.56 bits per heavy atom. The average Bonchev–Trinajstić information content (AvgIpc) is 2.15. The fourth-order valence-corrected chi connectivity index (χ4v) is 2.33. The van der Waals surface area contributed by atoms with Gasteiger partial charge in [-0.3, -0.25) is 0 Å². The van der Waals surface area contributed by atoms with Crippen molar-refractivity contribution in [2.75, 3.05) is 0 Å². The van der Waals surface area contributed by atoms with Crippen molar-refractivity contribution in [2.45, 2.75) is 6.18 Å². The lowest BCUT2D eigenvalue weighted by Gasteiger charge is -2.09. The lowest BCUT2D eigenvalue weighted by atomic mass is 10.2. The van der Waals surface area contributed by atoms with Crippen molar-refractivity contribution in [1.29, 1.82) is 0 Å². The van der Waals surface area contributed by atoms with Crippen molar-refractivity contribution >= 4 is 38.4 Å². The van der Waals surface area contributed by atoms with E-state index in [1.54, 1.807) is 12.1 Å². The molecule has 1 aromatic carbocycles. The lowest BCUT2D eigenvalue weighted by Crippen LogP contribution is -2.07. The molecule has 1 nitrogen and oxygen atoms in total. The minimum absolute atomic E-state index is 0.0322. The van der Waals surface area contributed by atoms with E-state index in [0.717, 1.165) is 6.07 Å². The Morgan fingerprint density at radius 2 is 1.94 bits per heavy atom. The van der Waals surface area contributed by atoms with Crippen molar-refractivity contribution < 1.29 is 13.2 Å². The van der Waals surface area contributed by atoms with E-state index in [1.807, 2.05) is 0 Å². The zero-order valence-corrected chi connectivity index (χ0v) is 9.99. The summed E-state index contributed by atoms with van der Waals surface area (Å²) in [5.74, 6) is 0. The molecule has 0 N–H and O–H groups in total. The summed E-state index contributed by atoms with van der Waals surface area (Å²) in [7, 11) is 0. The number of aromatic nitrogens is 1. The Bertz CT molecular complexity index is 553. The maximum atomic E-state index is 12.5. The Balaban J connectivity index is 2.79. The molecule has 0 saturated carbocycles. The van der Waals surface area contributed by atoms with Gasteiger partial charge in [-0.15, -0.1) is 0 Å². The largest absolute Gasteiger partial charge is 0.433 e. The standard InChI is InChI=1S/C10H4BrClF3N/c11-5-2-1-3-7-9(5)6(12)4-8(16-7)10(13,14)15/h1-4H. The molecule has 0 radical (unpaired) electrons. The van der Waals surface area contributed by atoms with Crippen LogP contribution in [0.15, 0.2) is 28.7 Å². The van der Waals surface area contributed by atoms with Crippen LogP contribution in [-0.2, 0) is 6.18 Å². The van der Waals surface area contributed by atoms with Gasteiger partial charge in [0.1, 0.15) is 5.69 Å². The second-order valence-corrected chi connectivity index (χ2v) is 4.38. The smallest absolute Gasteiger partial charge is 0.243 e. The van der Waals surface area contributed by atoms with Gasteiger partial charge in [0.05, 0.1) is 10.5 Å². The number of benzene rings is 1. The van der Waals surface area contributed by atoms with Gasteiger partial charge in [0, 0.05) is 9.86 Å². The third kappa shape index (κ3) is 2.01. The third-order valence-electron chi connectivity index (χ3n) is 2.03. The molecule has 0 atom stereocenters. The number of halogens is 5. The highest BCUT2D eigenvalue weighted by Gasteiger charge is 2.33. The van der Waals surface area contributed by atoms with Crippen LogP contribution < -0.4 is 0 Å². The summed E-state index contributed by atoms with van der Waals surface area (Å²) in [4.78, 5) is 3.53. The third-order valence-corrected chi connectivity index (χ3v) is 2.98. The molecular weight excluding hydrogens is 306 g/mol. The summed E-state index contributed by atoms with van der Waals surface area (Å²) in [5, 5.41) is 0.516. The van der Waals surface area contributed by atoms with Crippen LogP contribution in [0.1, 0.15) is 5.69 Å². The van der Waals surface area contributed by atoms with Gasteiger partial charge in [-0.25, -0.2) is 4.98 Å². The SMILES string of the molecule is FC(F)(F)c1cc(Cl)c2c(Br)cccc2n1. The number of hydrogen-bond donors (Lipinski definition) is 0. The molecule has 0 fully saturated rings. The molecule has 1 aromatic heterocycles. The van der Waals surface area contributed by atoms with E-state index < -0.39 is 11.9 Å². The second kappa shape index (κ2) is 3.89. The number of pyridine rings is 1. The minimum atomic E-state index is -4.49. The van der Waals surface area contributed by atoms with E-state index in [4.69, 9.17) is 11.6 Å². The zero-order chi connectivity index (χ0) is 11.9. The number of fused-ring (bicyclic) bond motifs is 1. The van der Waals surface area contributed by atoms with Gasteiger partial charge in [-0.05, 0) is 18.2 Å². The van der Waals surface area contributed by atoms with Gasteiger partial charge in [0.25, 0.3) is 0 Å². The Labute approximate surface area is 102 Å². The molecule has 0 spiro atoms. The van der Waals surface area contributed by atoms with Crippen LogP contribution in [-0.4, -0.2) is 4.98 Å². The first-order valence-electron chi connectivity index (χ1n) is 4.21. The molecule has 0 aliphatic rings. The molecule has 0 aliphatic carbocycles. The van der Waals surface area contributed by atoms with Gasteiger partial charge in [-0.1, -0.05) is 33.6 Å². The highest BCUT2D eigenvalue weighted by atomic mass is 79.9. The van der Waals surface area contributed by atoms with E-state index in [-0.39, 0.29) is 10.5 Å². The van der Waals surface area contributed by atoms with Crippen LogP contribution in [0, 0.1) is 0 Å². The predicted molar refractivity (Wildman–Crippen MR) is 59.5 cm³/mol. The molecule has 0 unspecified atom stereocenters. The Hall–Kier alpha value is -0.810. The second-order valence-electron chi connectivity index (χ2n) is 3.12. The average molecular weight is 310 g/mol. The monoisotopic (exact) mass is 309 g/mol. The molecule has 2 aromatic rings. The van der Waals surface area contributed by atoms with Crippen LogP contribution >= 0.6 is 27.5 Å². The van der Waals surface area contributed by atoms with Gasteiger partial charge in [0.15, 0.2) is 0 Å². The fraction of sp³-hybridized carbons (Fsp3) is 0.100. The first-order valence-corrected chi connectivity index (χ1v) is 5.38. The maximum Gasteiger partial charge on any atom is 0.433 e. The zero-order valence-electron chi connectivity index (χ0n) is 7.65. The topological polar surface area (TPSA) is 12.9 Å². The van der Waals surface area contributed by atoms with Crippen LogP contribution in [0.5, 0.6) is 0 Å². The number of alkyl halides is 3. The van der Waals surface area contributed by atoms with Crippen LogP contribution in [0.3, 0.4) is 0 Å². The molecule has 84 valence electrons. The highest BCUT2D eigenvalue weighted by Crippen LogP contribution is 2.35. The molecule has 1 heterocycles. The Morgan fingerprint density at radius 1 is 1.25 bits per heavy atom. The molecule has 16 heavy (non-hydrogen) atoms. The number of hydrogen-bond acceptors (Lipinski definition) is 1. The van der Waals surface area contributed by atoms with E-state index in [1.165, 1.54) is 6.07 Å². The summed E-state index contributed by atoms with van der Waals surface area (Å²) in [6, 6.07) is 5.62. The van der Waals surface area contributed by atoms with Crippen molar-refractivity contribution in [1.82, 2.24) is 4.98 Å². The van der Waals surface area contributed by atoms with Crippen molar-refractivity contribution in [3.8, 4) is 0 Å². The fourth-order valence-electron chi connectivity index (χ4n) is 1.34. The normalized spacial score (nSPS) is 12.1. The number of nitrogens with zero attached hydrogens (tertiary/aromatic N) is 1. The van der Waals surface area contributed by atoms with Gasteiger partial charge >= 0.3 is 6.18 Å². The molecule has 0 aliphatic heterocycles. The lowest BCUT2D eigenvalue weighted by molar-refractivity contribution is -0.140. The summed E-state index contributed by atoms with van der Waals surface area (Å²) in [6.07, 6.45) is -4.49. The van der Waals surface area contributed by atoms with Crippen molar-refractivity contribution in [2.24, 2.45) is 0 Å². The summed E-state index contributed by atoms with van der Waals surface area (Å²) < 4.78 is 38.0. The van der Waals surface area contributed by atoms with Crippen LogP contribution in [0.25, 0.3) is 10.9 Å². The predicted octanol–water partition coefficient (Wildman–Crippen LogP) is 4.67. The molecule has 6 heteroatoms. The van der Waals surface area contributed by atoms with Crippen LogP contribution in [0.2, 0.25) is 5.02 Å². The molecular formula is C10H4BrClF3N. The van der Waals surface area contributed by atoms with E-state index in [9.17, 15) is 13.2 Å². The van der Waals surface area contributed by atoms with E-state index >= 15 is 0 Å². The molecule has 0 amide bonds. The minimum Gasteiger partial charge on any atom is -0.243 e. The first-order chi connectivity index (χ1) is 7.39. The van der Waals surface area contributed by atoms with Crippen molar-refractivity contribution in [3.63, 3.8) is 0 Å². The molecule has 0 saturated heterocycles. The van der Waals surface area contributed by atoms with Gasteiger partial charge < -0.3 is 0 Å². The highest BCUT2D eigenvalue weighted by molar-refractivity contribution is 9.10. The first kappa shape index (κ1) is 11.7. The molecule has 2 rings (SSSR count). The van der Waals surface area contributed by atoms with Crippen LogP contribution in [0.4, 0.5) is 13.2 Å². The van der Waals surface area contributed by atoms with Gasteiger partial charge in [-0.2, -0.15) is 13.2 Å². The quantitative estimate of drug-likeness (QED) is 0.689. The van der Waals surface area contributed by atoms with E-state index in [0.29, 0.717) is 9.86 Å². The Kier molecular flexibility index (Phi) is 2.84. The van der Waals surface area contributed by atoms with E-state index in [2.05, 4.69) is 20.9 Å². The van der Waals surface area contributed by atoms with Crippen molar-refractivity contribution in [3.05, 3.63) is 39.5 Å². The summed E-state index contributed by atoms with van der Waals surface area (Å²) in [5.41, 5.74) is -0.766. The van der Waals surface area contributed by atoms with Gasteiger partial charge in [0.2, 0.25) is 0 Å². The number of rotatable bonds is 0. The molecule has 0 bridgehead atoms.